The van der Waals surface area contributed by atoms with Crippen LogP contribution in [-0.2, 0) is 4.79 Å². The van der Waals surface area contributed by atoms with Crippen LogP contribution in [0.4, 0.5) is 10.5 Å². The SMILES string of the molecule is CC(C)(C)C(=O)NNC(=O)Nc1ccc(Cl)c(Cl)c1. The molecule has 0 heterocycles. The van der Waals surface area contributed by atoms with Gasteiger partial charge in [0, 0.05) is 11.1 Å². The molecule has 7 heteroatoms. The first kappa shape index (κ1) is 15.6. The van der Waals surface area contributed by atoms with E-state index < -0.39 is 11.4 Å². The summed E-state index contributed by atoms with van der Waals surface area (Å²) in [4.78, 5) is 23.1. The molecular formula is C12H15Cl2N3O2. The zero-order valence-corrected chi connectivity index (χ0v) is 12.3. The van der Waals surface area contributed by atoms with Gasteiger partial charge in [-0.3, -0.25) is 10.2 Å². The molecule has 0 aliphatic heterocycles. The van der Waals surface area contributed by atoms with Gasteiger partial charge in [-0.15, -0.1) is 0 Å². The van der Waals surface area contributed by atoms with E-state index in [2.05, 4.69) is 16.2 Å². The van der Waals surface area contributed by atoms with Crippen molar-refractivity contribution in [2.75, 3.05) is 5.32 Å². The van der Waals surface area contributed by atoms with Crippen molar-refractivity contribution in [1.82, 2.24) is 10.9 Å². The minimum Gasteiger partial charge on any atom is -0.307 e. The van der Waals surface area contributed by atoms with Crippen LogP contribution in [-0.4, -0.2) is 11.9 Å². The predicted octanol–water partition coefficient (Wildman–Crippen LogP) is 3.19. The number of anilines is 1. The first-order valence-corrected chi connectivity index (χ1v) is 6.28. The molecule has 0 aliphatic rings. The molecule has 1 rings (SSSR count). The van der Waals surface area contributed by atoms with Crippen LogP contribution in [0.2, 0.25) is 10.0 Å². The van der Waals surface area contributed by atoms with Crippen LogP contribution in [0.5, 0.6) is 0 Å². The van der Waals surface area contributed by atoms with Gasteiger partial charge >= 0.3 is 6.03 Å². The number of amides is 3. The number of rotatable bonds is 1. The molecule has 0 spiro atoms. The lowest BCUT2D eigenvalue weighted by Gasteiger charge is -2.18. The Hall–Kier alpha value is -1.46. The molecule has 0 radical (unpaired) electrons. The number of urea groups is 1. The third-order valence-corrected chi connectivity index (χ3v) is 2.89. The molecule has 5 nitrogen and oxygen atoms in total. The average molecular weight is 304 g/mol. The van der Waals surface area contributed by atoms with E-state index in [1.165, 1.54) is 6.07 Å². The van der Waals surface area contributed by atoms with Gasteiger partial charge in [-0.05, 0) is 18.2 Å². The molecule has 0 atom stereocenters. The van der Waals surface area contributed by atoms with Crippen LogP contribution in [0.1, 0.15) is 20.8 Å². The number of hydrazine groups is 1. The zero-order chi connectivity index (χ0) is 14.6. The lowest BCUT2D eigenvalue weighted by Crippen LogP contribution is -2.48. The summed E-state index contributed by atoms with van der Waals surface area (Å²) in [5.74, 6) is -0.295. The van der Waals surface area contributed by atoms with Gasteiger partial charge in [0.1, 0.15) is 0 Å². The third kappa shape index (κ3) is 4.96. The van der Waals surface area contributed by atoms with Crippen LogP contribution in [0.15, 0.2) is 18.2 Å². The number of carbonyl (C=O) groups excluding carboxylic acids is 2. The lowest BCUT2D eigenvalue weighted by atomic mass is 9.96. The molecule has 1 aromatic carbocycles. The van der Waals surface area contributed by atoms with Crippen molar-refractivity contribution < 1.29 is 9.59 Å². The molecule has 0 fully saturated rings. The first-order chi connectivity index (χ1) is 8.70. The summed E-state index contributed by atoms with van der Waals surface area (Å²) < 4.78 is 0. The normalized spacial score (nSPS) is 10.8. The van der Waals surface area contributed by atoms with Gasteiger partial charge in [0.15, 0.2) is 0 Å². The molecule has 3 N–H and O–H groups in total. The van der Waals surface area contributed by atoms with E-state index in [9.17, 15) is 9.59 Å². The second-order valence-corrected chi connectivity index (χ2v) is 5.73. The monoisotopic (exact) mass is 303 g/mol. The molecule has 1 aromatic rings. The standard InChI is InChI=1S/C12H15Cl2N3O2/c1-12(2,3)10(18)16-17-11(19)15-7-4-5-8(13)9(14)6-7/h4-6H,1-3H3,(H,16,18)(H2,15,17,19). The Morgan fingerprint density at radius 1 is 1.05 bits per heavy atom. The van der Waals surface area contributed by atoms with Gasteiger partial charge in [-0.1, -0.05) is 44.0 Å². The molecule has 0 aromatic heterocycles. The maximum atomic E-state index is 11.5. The maximum Gasteiger partial charge on any atom is 0.337 e. The van der Waals surface area contributed by atoms with E-state index in [4.69, 9.17) is 23.2 Å². The molecule has 3 amide bonds. The molecule has 0 aliphatic carbocycles. The quantitative estimate of drug-likeness (QED) is 0.697. The van der Waals surface area contributed by atoms with Gasteiger partial charge in [0.2, 0.25) is 5.91 Å². The molecule has 0 saturated carbocycles. The van der Waals surface area contributed by atoms with Crippen molar-refractivity contribution in [3.8, 4) is 0 Å². The van der Waals surface area contributed by atoms with E-state index in [1.54, 1.807) is 32.9 Å². The summed E-state index contributed by atoms with van der Waals surface area (Å²) in [6.07, 6.45) is 0. The highest BCUT2D eigenvalue weighted by Crippen LogP contribution is 2.24. The first-order valence-electron chi connectivity index (χ1n) is 5.52. The number of hydrogen-bond donors (Lipinski definition) is 3. The lowest BCUT2D eigenvalue weighted by molar-refractivity contribution is -0.129. The van der Waals surface area contributed by atoms with E-state index in [0.717, 1.165) is 0 Å². The fourth-order valence-electron chi connectivity index (χ4n) is 1.04. The Kier molecular flexibility index (Phi) is 5.03. The van der Waals surface area contributed by atoms with E-state index in [1.807, 2.05) is 0 Å². The second-order valence-electron chi connectivity index (χ2n) is 4.91. The molecule has 104 valence electrons. The van der Waals surface area contributed by atoms with Crippen molar-refractivity contribution >= 4 is 40.8 Å². The van der Waals surface area contributed by atoms with Gasteiger partial charge in [0.25, 0.3) is 0 Å². The Bertz CT molecular complexity index is 498. The molecule has 0 unspecified atom stereocenters. The van der Waals surface area contributed by atoms with Crippen molar-refractivity contribution in [2.24, 2.45) is 5.41 Å². The van der Waals surface area contributed by atoms with Crippen LogP contribution in [0.3, 0.4) is 0 Å². The Labute approximate surface area is 121 Å². The minimum absolute atomic E-state index is 0.295. The van der Waals surface area contributed by atoms with Gasteiger partial charge < -0.3 is 5.32 Å². The number of nitrogens with one attached hydrogen (secondary N) is 3. The van der Waals surface area contributed by atoms with E-state index >= 15 is 0 Å². The van der Waals surface area contributed by atoms with Gasteiger partial charge in [-0.25, -0.2) is 10.2 Å². The predicted molar refractivity (Wildman–Crippen MR) is 76.2 cm³/mol. The Morgan fingerprint density at radius 2 is 1.68 bits per heavy atom. The van der Waals surface area contributed by atoms with Crippen LogP contribution in [0.25, 0.3) is 0 Å². The smallest absolute Gasteiger partial charge is 0.307 e. The highest BCUT2D eigenvalue weighted by atomic mass is 35.5. The maximum absolute atomic E-state index is 11.5. The number of halogens is 2. The molecule has 0 bridgehead atoms. The minimum atomic E-state index is -0.586. The fraction of sp³-hybridized carbons (Fsp3) is 0.333. The highest BCUT2D eigenvalue weighted by molar-refractivity contribution is 6.42. The summed E-state index contributed by atoms with van der Waals surface area (Å²) >= 11 is 11.6. The molecule has 19 heavy (non-hydrogen) atoms. The summed E-state index contributed by atoms with van der Waals surface area (Å²) in [6.45, 7) is 5.21. The summed E-state index contributed by atoms with van der Waals surface area (Å²) in [5.41, 5.74) is 4.44. The fourth-order valence-corrected chi connectivity index (χ4v) is 1.34. The van der Waals surface area contributed by atoms with Gasteiger partial charge in [-0.2, -0.15) is 0 Å². The number of benzene rings is 1. The van der Waals surface area contributed by atoms with Crippen molar-refractivity contribution in [1.29, 1.82) is 0 Å². The number of carbonyl (C=O) groups is 2. The Balaban J connectivity index is 2.52. The van der Waals surface area contributed by atoms with Crippen LogP contribution < -0.4 is 16.2 Å². The van der Waals surface area contributed by atoms with E-state index in [-0.39, 0.29) is 5.91 Å². The van der Waals surface area contributed by atoms with Crippen molar-refractivity contribution in [3.05, 3.63) is 28.2 Å². The van der Waals surface area contributed by atoms with Crippen molar-refractivity contribution in [3.63, 3.8) is 0 Å². The molecular weight excluding hydrogens is 289 g/mol. The second kappa shape index (κ2) is 6.12. The summed E-state index contributed by atoms with van der Waals surface area (Å²) in [6, 6.07) is 4.10. The summed E-state index contributed by atoms with van der Waals surface area (Å²) in [7, 11) is 0. The molecule has 0 saturated heterocycles. The highest BCUT2D eigenvalue weighted by Gasteiger charge is 2.21. The third-order valence-electron chi connectivity index (χ3n) is 2.15. The van der Waals surface area contributed by atoms with Gasteiger partial charge in [0.05, 0.1) is 10.0 Å². The van der Waals surface area contributed by atoms with Crippen LogP contribution in [0, 0.1) is 5.41 Å². The summed E-state index contributed by atoms with van der Waals surface area (Å²) in [5, 5.41) is 3.24. The van der Waals surface area contributed by atoms with Crippen LogP contribution >= 0.6 is 23.2 Å². The topological polar surface area (TPSA) is 70.2 Å². The zero-order valence-electron chi connectivity index (χ0n) is 10.8. The van der Waals surface area contributed by atoms with Crippen molar-refractivity contribution in [2.45, 2.75) is 20.8 Å². The number of hydrogen-bond acceptors (Lipinski definition) is 2. The van der Waals surface area contributed by atoms with E-state index in [0.29, 0.717) is 15.7 Å². The largest absolute Gasteiger partial charge is 0.337 e. The average Bonchev–Trinajstić information content (AvgIpc) is 2.29. The Morgan fingerprint density at radius 3 is 2.21 bits per heavy atom.